The van der Waals surface area contributed by atoms with Gasteiger partial charge in [-0.3, -0.25) is 13.9 Å². The zero-order valence-corrected chi connectivity index (χ0v) is 25.1. The van der Waals surface area contributed by atoms with E-state index in [1.165, 1.54) is 54.5 Å². The number of amides is 2. The molecular formula is C30H35ClFN3O5S. The van der Waals surface area contributed by atoms with Gasteiger partial charge in [0, 0.05) is 19.0 Å². The van der Waals surface area contributed by atoms with Crippen LogP contribution in [-0.2, 0) is 32.6 Å². The lowest BCUT2D eigenvalue weighted by molar-refractivity contribution is -0.140. The predicted octanol–water partition coefficient (Wildman–Crippen LogP) is 4.81. The highest BCUT2D eigenvalue weighted by Crippen LogP contribution is 2.30. The highest BCUT2D eigenvalue weighted by atomic mass is 35.5. The third-order valence-corrected chi connectivity index (χ3v) is 8.08. The van der Waals surface area contributed by atoms with Crippen molar-refractivity contribution in [3.05, 3.63) is 94.8 Å². The van der Waals surface area contributed by atoms with Crippen LogP contribution in [0.2, 0.25) is 5.02 Å². The summed E-state index contributed by atoms with van der Waals surface area (Å²) in [6.45, 7) is 3.15. The van der Waals surface area contributed by atoms with Crippen molar-refractivity contribution >= 4 is 39.1 Å². The van der Waals surface area contributed by atoms with Crippen molar-refractivity contribution in [2.75, 3.05) is 24.2 Å². The molecular weight excluding hydrogens is 569 g/mol. The zero-order chi connectivity index (χ0) is 30.2. The Morgan fingerprint density at radius 1 is 1.02 bits per heavy atom. The van der Waals surface area contributed by atoms with Crippen molar-refractivity contribution in [3.63, 3.8) is 0 Å². The van der Waals surface area contributed by atoms with Crippen LogP contribution in [0.5, 0.6) is 5.75 Å². The molecule has 3 aromatic rings. The molecule has 0 saturated heterocycles. The van der Waals surface area contributed by atoms with E-state index in [4.69, 9.17) is 16.3 Å². The van der Waals surface area contributed by atoms with Gasteiger partial charge < -0.3 is 15.0 Å². The van der Waals surface area contributed by atoms with Crippen molar-refractivity contribution in [2.45, 2.75) is 45.3 Å². The number of rotatable bonds is 13. The van der Waals surface area contributed by atoms with Gasteiger partial charge in [0.25, 0.3) is 0 Å². The van der Waals surface area contributed by atoms with Gasteiger partial charge >= 0.3 is 0 Å². The lowest BCUT2D eigenvalue weighted by Gasteiger charge is -2.34. The van der Waals surface area contributed by atoms with Gasteiger partial charge in [0.1, 0.15) is 24.2 Å². The highest BCUT2D eigenvalue weighted by molar-refractivity contribution is 7.92. The number of hydrogen-bond donors (Lipinski definition) is 1. The second-order valence-corrected chi connectivity index (χ2v) is 12.1. The maximum atomic E-state index is 14.1. The van der Waals surface area contributed by atoms with Gasteiger partial charge in [0.2, 0.25) is 21.8 Å². The molecule has 0 heterocycles. The lowest BCUT2D eigenvalue weighted by Crippen LogP contribution is -2.54. The molecule has 11 heteroatoms. The molecule has 3 rings (SSSR count). The minimum atomic E-state index is -3.95. The van der Waals surface area contributed by atoms with Crippen LogP contribution in [0.4, 0.5) is 10.1 Å². The summed E-state index contributed by atoms with van der Waals surface area (Å²) in [7, 11) is -2.52. The van der Waals surface area contributed by atoms with E-state index in [1.54, 1.807) is 0 Å². The molecule has 0 saturated carbocycles. The molecule has 0 aliphatic heterocycles. The van der Waals surface area contributed by atoms with E-state index in [0.717, 1.165) is 16.1 Å². The molecule has 2 atom stereocenters. The Morgan fingerprint density at radius 3 is 2.24 bits per heavy atom. The molecule has 0 spiro atoms. The number of anilines is 1. The Labute approximate surface area is 246 Å². The minimum absolute atomic E-state index is 0.0501. The maximum absolute atomic E-state index is 14.1. The molecule has 3 aromatic carbocycles. The normalized spacial score (nSPS) is 12.7. The summed E-state index contributed by atoms with van der Waals surface area (Å²) in [5.41, 5.74) is 1.56. The Kier molecular flexibility index (Phi) is 11.1. The fraction of sp³-hybridized carbons (Fsp3) is 0.333. The van der Waals surface area contributed by atoms with Gasteiger partial charge in [0.15, 0.2) is 0 Å². The van der Waals surface area contributed by atoms with E-state index in [1.807, 2.05) is 44.2 Å². The minimum Gasteiger partial charge on any atom is -0.495 e. The third kappa shape index (κ3) is 8.93. The van der Waals surface area contributed by atoms with Crippen molar-refractivity contribution < 1.29 is 27.1 Å². The molecule has 0 fully saturated rings. The summed E-state index contributed by atoms with van der Waals surface area (Å²) in [6.07, 6.45) is 1.85. The van der Waals surface area contributed by atoms with E-state index in [2.05, 4.69) is 5.32 Å². The number of methoxy groups -OCH3 is 1. The first-order valence-corrected chi connectivity index (χ1v) is 15.3. The van der Waals surface area contributed by atoms with Crippen molar-refractivity contribution in [1.82, 2.24) is 10.2 Å². The Hall–Kier alpha value is -3.63. The standard InChI is InChI=1S/C30H35ClFN3O5S/c1-5-21(2)33-30(37)27(17-22-9-7-6-8-10-22)34(19-23-11-13-24(32)14-12-23)29(36)20-35(41(4,38)39)25-15-16-28(40-3)26(31)18-25/h6-16,18,21,27H,5,17,19-20H2,1-4H3,(H,33,37)/t21-,27+/m1/s1. The average Bonchev–Trinajstić information content (AvgIpc) is 2.94. The van der Waals surface area contributed by atoms with Crippen LogP contribution in [0.15, 0.2) is 72.8 Å². The second kappa shape index (κ2) is 14.3. The number of halogens is 2. The number of carbonyl (C=O) groups is 2. The van der Waals surface area contributed by atoms with E-state index in [9.17, 15) is 22.4 Å². The molecule has 2 amide bonds. The van der Waals surface area contributed by atoms with Crippen molar-refractivity contribution in [2.24, 2.45) is 0 Å². The molecule has 220 valence electrons. The van der Waals surface area contributed by atoms with Crippen LogP contribution < -0.4 is 14.4 Å². The van der Waals surface area contributed by atoms with E-state index in [-0.39, 0.29) is 35.6 Å². The van der Waals surface area contributed by atoms with E-state index in [0.29, 0.717) is 17.7 Å². The number of hydrogen-bond acceptors (Lipinski definition) is 5. The molecule has 0 aliphatic rings. The molecule has 0 aromatic heterocycles. The van der Waals surface area contributed by atoms with Crippen LogP contribution >= 0.6 is 11.6 Å². The van der Waals surface area contributed by atoms with Gasteiger partial charge in [-0.2, -0.15) is 0 Å². The van der Waals surface area contributed by atoms with E-state index >= 15 is 0 Å². The Morgan fingerprint density at radius 2 is 1.68 bits per heavy atom. The van der Waals surface area contributed by atoms with Crippen molar-refractivity contribution in [1.29, 1.82) is 0 Å². The number of nitrogens with one attached hydrogen (secondary N) is 1. The number of carbonyl (C=O) groups excluding carboxylic acids is 2. The first-order valence-electron chi connectivity index (χ1n) is 13.1. The molecule has 0 aliphatic carbocycles. The third-order valence-electron chi connectivity index (χ3n) is 6.64. The van der Waals surface area contributed by atoms with Gasteiger partial charge in [-0.1, -0.05) is 61.0 Å². The smallest absolute Gasteiger partial charge is 0.244 e. The van der Waals surface area contributed by atoms with Gasteiger partial charge in [-0.15, -0.1) is 0 Å². The Bertz CT molecular complexity index is 1440. The Balaban J connectivity index is 2.06. The summed E-state index contributed by atoms with van der Waals surface area (Å²) in [5, 5.41) is 3.13. The molecule has 41 heavy (non-hydrogen) atoms. The monoisotopic (exact) mass is 603 g/mol. The molecule has 0 radical (unpaired) electrons. The van der Waals surface area contributed by atoms with Gasteiger partial charge in [0.05, 0.1) is 24.1 Å². The average molecular weight is 604 g/mol. The van der Waals surface area contributed by atoms with Gasteiger partial charge in [-0.05, 0) is 54.8 Å². The largest absolute Gasteiger partial charge is 0.495 e. The number of benzene rings is 3. The van der Waals surface area contributed by atoms with Crippen molar-refractivity contribution in [3.8, 4) is 5.75 Å². The van der Waals surface area contributed by atoms with E-state index < -0.39 is 34.3 Å². The fourth-order valence-electron chi connectivity index (χ4n) is 4.21. The lowest BCUT2D eigenvalue weighted by atomic mass is 10.0. The number of nitrogens with zero attached hydrogens (tertiary/aromatic N) is 2. The molecule has 0 bridgehead atoms. The highest BCUT2D eigenvalue weighted by Gasteiger charge is 2.33. The zero-order valence-electron chi connectivity index (χ0n) is 23.5. The first kappa shape index (κ1) is 31.9. The number of sulfonamides is 1. The fourth-order valence-corrected chi connectivity index (χ4v) is 5.30. The maximum Gasteiger partial charge on any atom is 0.244 e. The molecule has 8 nitrogen and oxygen atoms in total. The summed E-state index contributed by atoms with van der Waals surface area (Å²) in [4.78, 5) is 29.0. The predicted molar refractivity (Wildman–Crippen MR) is 159 cm³/mol. The summed E-state index contributed by atoms with van der Waals surface area (Å²) >= 11 is 6.26. The van der Waals surface area contributed by atoms with Crippen LogP contribution in [0.25, 0.3) is 0 Å². The second-order valence-electron chi connectivity index (χ2n) is 9.76. The molecule has 0 unspecified atom stereocenters. The summed E-state index contributed by atoms with van der Waals surface area (Å²) in [6, 6.07) is 18.1. The quantitative estimate of drug-likeness (QED) is 0.303. The van der Waals surface area contributed by atoms with Crippen LogP contribution in [0.1, 0.15) is 31.4 Å². The van der Waals surface area contributed by atoms with Crippen LogP contribution in [0, 0.1) is 5.82 Å². The summed E-state index contributed by atoms with van der Waals surface area (Å²) in [5.74, 6) is -1.09. The van der Waals surface area contributed by atoms with Crippen LogP contribution in [-0.4, -0.2) is 57.1 Å². The summed E-state index contributed by atoms with van der Waals surface area (Å²) < 4.78 is 45.6. The number of ether oxygens (including phenoxy) is 1. The van der Waals surface area contributed by atoms with Crippen LogP contribution in [0.3, 0.4) is 0 Å². The van der Waals surface area contributed by atoms with Gasteiger partial charge in [-0.25, -0.2) is 12.8 Å². The topological polar surface area (TPSA) is 96.0 Å². The molecule has 1 N–H and O–H groups in total. The first-order chi connectivity index (χ1) is 19.4. The SMILES string of the molecule is CC[C@@H](C)NC(=O)[C@H](Cc1ccccc1)N(Cc1ccc(F)cc1)C(=O)CN(c1ccc(OC)c(Cl)c1)S(C)(=O)=O.